The molecule has 1 aromatic rings. The first-order chi connectivity index (χ1) is 8.88. The third kappa shape index (κ3) is 3.20. The highest BCUT2D eigenvalue weighted by Gasteiger charge is 2.26. The third-order valence-corrected chi connectivity index (χ3v) is 3.42. The molecule has 0 radical (unpaired) electrons. The molecule has 2 heterocycles. The number of aromatic nitrogens is 2. The van der Waals surface area contributed by atoms with E-state index < -0.39 is 5.97 Å². The molecule has 2 rings (SSSR count). The highest BCUT2D eigenvalue weighted by atomic mass is 16.4. The molecule has 104 valence electrons. The smallest absolute Gasteiger partial charge is 0.356 e. The molecular weight excluding hydrogens is 244 g/mol. The molecule has 0 atom stereocenters. The lowest BCUT2D eigenvalue weighted by Gasteiger charge is -2.42. The second kappa shape index (κ2) is 5.13. The van der Waals surface area contributed by atoms with Gasteiger partial charge in [-0.05, 0) is 32.9 Å². The number of nitrogens with zero attached hydrogens (tertiary/aromatic N) is 4. The number of carboxylic acid groups (broad SMARTS) is 1. The Morgan fingerprint density at radius 1 is 1.16 bits per heavy atom. The summed E-state index contributed by atoms with van der Waals surface area (Å²) in [6, 6.07) is 3.23. The molecule has 0 bridgehead atoms. The molecule has 0 amide bonds. The van der Waals surface area contributed by atoms with Crippen molar-refractivity contribution in [3.63, 3.8) is 0 Å². The maximum absolute atomic E-state index is 10.7. The lowest BCUT2D eigenvalue weighted by molar-refractivity contribution is 0.0689. The van der Waals surface area contributed by atoms with Crippen LogP contribution in [0.4, 0.5) is 5.82 Å². The zero-order chi connectivity index (χ0) is 14.0. The molecule has 1 fully saturated rings. The van der Waals surface area contributed by atoms with Gasteiger partial charge in [-0.25, -0.2) is 4.79 Å². The van der Waals surface area contributed by atoms with Gasteiger partial charge in [0.2, 0.25) is 0 Å². The molecule has 1 aromatic heterocycles. The Kier molecular flexibility index (Phi) is 3.71. The van der Waals surface area contributed by atoms with Gasteiger partial charge in [0.25, 0.3) is 0 Å². The average molecular weight is 264 g/mol. The van der Waals surface area contributed by atoms with Crippen molar-refractivity contribution in [3.8, 4) is 0 Å². The number of hydrogen-bond acceptors (Lipinski definition) is 5. The fourth-order valence-corrected chi connectivity index (χ4v) is 2.21. The van der Waals surface area contributed by atoms with Crippen LogP contribution in [0.5, 0.6) is 0 Å². The van der Waals surface area contributed by atoms with Gasteiger partial charge in [0.1, 0.15) is 0 Å². The van der Waals surface area contributed by atoms with Crippen LogP contribution in [0.3, 0.4) is 0 Å². The Hall–Kier alpha value is -1.69. The SMILES string of the molecule is CC(C)(C)N1CCN(c2ccc(C(=O)O)nn2)CC1. The maximum atomic E-state index is 10.7. The van der Waals surface area contributed by atoms with Crippen LogP contribution in [-0.4, -0.2) is 57.9 Å². The van der Waals surface area contributed by atoms with Gasteiger partial charge in [-0.2, -0.15) is 0 Å². The summed E-state index contributed by atoms with van der Waals surface area (Å²) >= 11 is 0. The molecule has 0 saturated carbocycles. The van der Waals surface area contributed by atoms with Crippen molar-refractivity contribution in [1.82, 2.24) is 15.1 Å². The monoisotopic (exact) mass is 264 g/mol. The van der Waals surface area contributed by atoms with E-state index in [1.54, 1.807) is 6.07 Å². The van der Waals surface area contributed by atoms with Crippen LogP contribution in [-0.2, 0) is 0 Å². The number of piperazine rings is 1. The Morgan fingerprint density at radius 3 is 2.21 bits per heavy atom. The van der Waals surface area contributed by atoms with E-state index in [1.807, 2.05) is 0 Å². The third-order valence-electron chi connectivity index (χ3n) is 3.42. The van der Waals surface area contributed by atoms with Crippen molar-refractivity contribution in [2.24, 2.45) is 0 Å². The second-order valence-corrected chi connectivity index (χ2v) is 5.73. The number of rotatable bonds is 2. The summed E-state index contributed by atoms with van der Waals surface area (Å²) in [4.78, 5) is 15.3. The fourth-order valence-electron chi connectivity index (χ4n) is 2.21. The summed E-state index contributed by atoms with van der Waals surface area (Å²) < 4.78 is 0. The van der Waals surface area contributed by atoms with Gasteiger partial charge >= 0.3 is 5.97 Å². The van der Waals surface area contributed by atoms with Gasteiger partial charge < -0.3 is 10.0 Å². The minimum absolute atomic E-state index is 0.0166. The van der Waals surface area contributed by atoms with Crippen molar-refractivity contribution < 1.29 is 9.90 Å². The van der Waals surface area contributed by atoms with Crippen LogP contribution in [0.15, 0.2) is 12.1 Å². The summed E-state index contributed by atoms with van der Waals surface area (Å²) in [6.07, 6.45) is 0. The lowest BCUT2D eigenvalue weighted by Crippen LogP contribution is -2.53. The predicted octanol–water partition coefficient (Wildman–Crippen LogP) is 1.10. The zero-order valence-corrected chi connectivity index (χ0v) is 11.6. The minimum atomic E-state index is -1.04. The molecule has 1 aliphatic rings. The molecule has 0 aliphatic carbocycles. The first kappa shape index (κ1) is 13.7. The maximum Gasteiger partial charge on any atom is 0.356 e. The van der Waals surface area contributed by atoms with Gasteiger partial charge in [0, 0.05) is 31.7 Å². The van der Waals surface area contributed by atoms with E-state index in [2.05, 4.69) is 40.8 Å². The topological polar surface area (TPSA) is 69.6 Å². The van der Waals surface area contributed by atoms with Crippen LogP contribution in [0.2, 0.25) is 0 Å². The molecule has 1 saturated heterocycles. The number of carbonyl (C=O) groups is 1. The van der Waals surface area contributed by atoms with Crippen LogP contribution in [0.25, 0.3) is 0 Å². The predicted molar refractivity (Wildman–Crippen MR) is 72.5 cm³/mol. The van der Waals surface area contributed by atoms with Crippen LogP contribution in [0, 0.1) is 0 Å². The number of aromatic carboxylic acids is 1. The van der Waals surface area contributed by atoms with E-state index in [9.17, 15) is 4.79 Å². The largest absolute Gasteiger partial charge is 0.476 e. The zero-order valence-electron chi connectivity index (χ0n) is 11.6. The standard InChI is InChI=1S/C13H20N4O2/c1-13(2,3)17-8-6-16(7-9-17)11-5-4-10(12(18)19)14-15-11/h4-5H,6-9H2,1-3H3,(H,18,19). The Labute approximate surface area is 113 Å². The second-order valence-electron chi connectivity index (χ2n) is 5.73. The van der Waals surface area contributed by atoms with Gasteiger partial charge in [-0.15, -0.1) is 10.2 Å². The molecule has 6 nitrogen and oxygen atoms in total. The average Bonchev–Trinajstić information content (AvgIpc) is 2.38. The highest BCUT2D eigenvalue weighted by Crippen LogP contribution is 2.18. The van der Waals surface area contributed by atoms with Crippen molar-refractivity contribution >= 4 is 11.8 Å². The summed E-state index contributed by atoms with van der Waals surface area (Å²) in [5.41, 5.74) is 0.169. The molecule has 6 heteroatoms. The molecule has 19 heavy (non-hydrogen) atoms. The van der Waals surface area contributed by atoms with Gasteiger partial charge in [-0.1, -0.05) is 0 Å². The Balaban J connectivity index is 2.00. The van der Waals surface area contributed by atoms with E-state index in [1.165, 1.54) is 6.07 Å². The van der Waals surface area contributed by atoms with Crippen LogP contribution < -0.4 is 4.90 Å². The van der Waals surface area contributed by atoms with Crippen molar-refractivity contribution in [2.45, 2.75) is 26.3 Å². The first-order valence-corrected chi connectivity index (χ1v) is 6.45. The highest BCUT2D eigenvalue weighted by molar-refractivity contribution is 5.85. The molecule has 0 spiro atoms. The summed E-state index contributed by atoms with van der Waals surface area (Å²) in [7, 11) is 0. The molecular formula is C13H20N4O2. The number of carboxylic acids is 1. The van der Waals surface area contributed by atoms with E-state index in [0.717, 1.165) is 32.0 Å². The first-order valence-electron chi connectivity index (χ1n) is 6.45. The molecule has 0 aromatic carbocycles. The van der Waals surface area contributed by atoms with Crippen molar-refractivity contribution in [1.29, 1.82) is 0 Å². The molecule has 1 aliphatic heterocycles. The van der Waals surface area contributed by atoms with Crippen LogP contribution >= 0.6 is 0 Å². The molecule has 0 unspecified atom stereocenters. The summed E-state index contributed by atoms with van der Waals surface area (Å²) in [6.45, 7) is 10.4. The van der Waals surface area contributed by atoms with E-state index in [0.29, 0.717) is 0 Å². The minimum Gasteiger partial charge on any atom is -0.476 e. The number of anilines is 1. The van der Waals surface area contributed by atoms with Crippen molar-refractivity contribution in [2.75, 3.05) is 31.1 Å². The van der Waals surface area contributed by atoms with Gasteiger partial charge in [-0.3, -0.25) is 4.90 Å². The summed E-state index contributed by atoms with van der Waals surface area (Å²) in [5.74, 6) is -0.296. The lowest BCUT2D eigenvalue weighted by atomic mass is 10.1. The van der Waals surface area contributed by atoms with Crippen molar-refractivity contribution in [3.05, 3.63) is 17.8 Å². The quantitative estimate of drug-likeness (QED) is 0.862. The van der Waals surface area contributed by atoms with E-state index in [4.69, 9.17) is 5.11 Å². The Morgan fingerprint density at radius 2 is 1.79 bits per heavy atom. The fraction of sp³-hybridized carbons (Fsp3) is 0.615. The van der Waals surface area contributed by atoms with Gasteiger partial charge in [0.05, 0.1) is 0 Å². The van der Waals surface area contributed by atoms with Crippen LogP contribution in [0.1, 0.15) is 31.3 Å². The molecule has 1 N–H and O–H groups in total. The van der Waals surface area contributed by atoms with Gasteiger partial charge in [0.15, 0.2) is 11.5 Å². The van der Waals surface area contributed by atoms with E-state index in [-0.39, 0.29) is 11.2 Å². The summed E-state index contributed by atoms with van der Waals surface area (Å²) in [5, 5.41) is 16.5. The van der Waals surface area contributed by atoms with E-state index >= 15 is 0 Å². The Bertz CT molecular complexity index is 445. The normalized spacial score (nSPS) is 17.5. The number of hydrogen-bond donors (Lipinski definition) is 1.